The van der Waals surface area contributed by atoms with E-state index in [1.165, 1.54) is 12.1 Å². The minimum Gasteiger partial charge on any atom is -0.348 e. The van der Waals surface area contributed by atoms with Gasteiger partial charge in [0.2, 0.25) is 0 Å². The number of hydrogen-bond donors (Lipinski definition) is 1. The summed E-state index contributed by atoms with van der Waals surface area (Å²) in [6.45, 7) is 1.14. The molecule has 2 atom stereocenters. The predicted octanol–water partition coefficient (Wildman–Crippen LogP) is 5.04. The maximum Gasteiger partial charge on any atom is 0.416 e. The average molecular weight is 474 g/mol. The topological polar surface area (TPSA) is 79.9 Å². The summed E-state index contributed by atoms with van der Waals surface area (Å²) in [5.74, 6) is -0.245. The van der Waals surface area contributed by atoms with Crippen LogP contribution in [-0.2, 0) is 6.18 Å². The second kappa shape index (κ2) is 10.0. The van der Waals surface area contributed by atoms with Crippen LogP contribution in [0.5, 0.6) is 0 Å². The van der Waals surface area contributed by atoms with Crippen LogP contribution in [0.15, 0.2) is 72.8 Å². The van der Waals surface area contributed by atoms with Gasteiger partial charge in [-0.1, -0.05) is 24.3 Å². The van der Waals surface area contributed by atoms with Crippen LogP contribution in [0.3, 0.4) is 0 Å². The molecule has 1 aliphatic heterocycles. The average Bonchev–Trinajstić information content (AvgIpc) is 3.32. The number of carbonyl (C=O) groups excluding carboxylic acids is 1. The minimum atomic E-state index is -4.42. The molecule has 5 nitrogen and oxygen atoms in total. The molecule has 0 spiro atoms. The fraction of sp³-hybridized carbons (Fsp3) is 0.222. The molecule has 0 saturated carbocycles. The number of nitrogens with one attached hydrogen (secondary N) is 1. The second-order valence-corrected chi connectivity index (χ2v) is 8.40. The molecule has 1 heterocycles. The highest BCUT2D eigenvalue weighted by molar-refractivity contribution is 5.94. The summed E-state index contributed by atoms with van der Waals surface area (Å²) in [5.41, 5.74) is 2.25. The Bertz CT molecular complexity index is 1270. The van der Waals surface area contributed by atoms with Crippen molar-refractivity contribution in [3.8, 4) is 12.1 Å². The SMILES string of the molecule is N#Cc1ccc(C(=O)N[C@@H]2CCN([C@@H](c3ccc(C#N)cc3)c3ccc(C(F)(F)F)cc3)C2)cc1. The summed E-state index contributed by atoms with van der Waals surface area (Å²) in [7, 11) is 0. The molecule has 0 aromatic heterocycles. The van der Waals surface area contributed by atoms with E-state index < -0.39 is 11.7 Å². The molecule has 0 aliphatic carbocycles. The molecule has 1 fully saturated rings. The predicted molar refractivity (Wildman–Crippen MR) is 123 cm³/mol. The van der Waals surface area contributed by atoms with E-state index in [9.17, 15) is 18.0 Å². The molecule has 1 saturated heterocycles. The van der Waals surface area contributed by atoms with E-state index in [0.29, 0.717) is 41.8 Å². The lowest BCUT2D eigenvalue weighted by atomic mass is 9.95. The van der Waals surface area contributed by atoms with Gasteiger partial charge in [0.25, 0.3) is 5.91 Å². The number of benzene rings is 3. The summed E-state index contributed by atoms with van der Waals surface area (Å²) in [6.07, 6.45) is -3.74. The quantitative estimate of drug-likeness (QED) is 0.562. The van der Waals surface area contributed by atoms with Gasteiger partial charge in [-0.15, -0.1) is 0 Å². The number of likely N-dealkylation sites (tertiary alicyclic amines) is 1. The second-order valence-electron chi connectivity index (χ2n) is 8.40. The van der Waals surface area contributed by atoms with Crippen molar-refractivity contribution in [2.75, 3.05) is 13.1 Å². The Morgan fingerprint density at radius 2 is 1.40 bits per heavy atom. The van der Waals surface area contributed by atoms with Crippen molar-refractivity contribution in [1.29, 1.82) is 10.5 Å². The van der Waals surface area contributed by atoms with Crippen molar-refractivity contribution in [2.45, 2.75) is 24.7 Å². The van der Waals surface area contributed by atoms with Crippen LogP contribution in [0, 0.1) is 22.7 Å². The van der Waals surface area contributed by atoms with Crippen molar-refractivity contribution < 1.29 is 18.0 Å². The molecular weight excluding hydrogens is 453 g/mol. The smallest absolute Gasteiger partial charge is 0.348 e. The molecule has 1 aliphatic rings. The number of nitriles is 2. The zero-order valence-electron chi connectivity index (χ0n) is 18.6. The van der Waals surface area contributed by atoms with Gasteiger partial charge >= 0.3 is 6.18 Å². The van der Waals surface area contributed by atoms with Crippen LogP contribution in [0.25, 0.3) is 0 Å². The Morgan fingerprint density at radius 3 is 1.91 bits per heavy atom. The summed E-state index contributed by atoms with van der Waals surface area (Å²) in [6, 6.07) is 22.1. The monoisotopic (exact) mass is 474 g/mol. The third-order valence-corrected chi connectivity index (χ3v) is 6.11. The van der Waals surface area contributed by atoms with E-state index in [0.717, 1.165) is 17.7 Å². The molecule has 0 bridgehead atoms. The minimum absolute atomic E-state index is 0.145. The molecule has 0 radical (unpaired) electrons. The van der Waals surface area contributed by atoms with Gasteiger partial charge in [-0.05, 0) is 66.1 Å². The Labute approximate surface area is 201 Å². The first-order valence-corrected chi connectivity index (χ1v) is 11.0. The number of carbonyl (C=O) groups is 1. The molecule has 176 valence electrons. The van der Waals surface area contributed by atoms with Crippen molar-refractivity contribution in [3.05, 3.63) is 106 Å². The van der Waals surface area contributed by atoms with Gasteiger partial charge in [-0.2, -0.15) is 23.7 Å². The number of halogens is 3. The summed E-state index contributed by atoms with van der Waals surface area (Å²) in [4.78, 5) is 14.8. The van der Waals surface area contributed by atoms with Gasteiger partial charge in [0.15, 0.2) is 0 Å². The van der Waals surface area contributed by atoms with Crippen molar-refractivity contribution >= 4 is 5.91 Å². The van der Waals surface area contributed by atoms with Crippen LogP contribution >= 0.6 is 0 Å². The number of rotatable bonds is 5. The van der Waals surface area contributed by atoms with E-state index in [1.807, 2.05) is 18.2 Å². The van der Waals surface area contributed by atoms with Crippen LogP contribution in [0.1, 0.15) is 50.6 Å². The Kier molecular flexibility index (Phi) is 6.86. The zero-order valence-corrected chi connectivity index (χ0v) is 18.6. The first-order chi connectivity index (χ1) is 16.8. The number of hydrogen-bond acceptors (Lipinski definition) is 4. The van der Waals surface area contributed by atoms with Crippen LogP contribution in [0.2, 0.25) is 0 Å². The molecule has 0 unspecified atom stereocenters. The van der Waals surface area contributed by atoms with E-state index in [-0.39, 0.29) is 18.0 Å². The highest BCUT2D eigenvalue weighted by Crippen LogP contribution is 2.35. The molecule has 35 heavy (non-hydrogen) atoms. The maximum absolute atomic E-state index is 13.1. The highest BCUT2D eigenvalue weighted by Gasteiger charge is 2.33. The van der Waals surface area contributed by atoms with Crippen LogP contribution < -0.4 is 5.32 Å². The fourth-order valence-corrected chi connectivity index (χ4v) is 4.31. The fourth-order valence-electron chi connectivity index (χ4n) is 4.31. The molecule has 8 heteroatoms. The number of alkyl halides is 3. The van der Waals surface area contributed by atoms with Gasteiger partial charge in [0.05, 0.1) is 34.9 Å². The Morgan fingerprint density at radius 1 is 0.886 bits per heavy atom. The summed E-state index contributed by atoms with van der Waals surface area (Å²) in [5, 5.41) is 21.1. The highest BCUT2D eigenvalue weighted by atomic mass is 19.4. The first kappa shape index (κ1) is 24.0. The molecule has 1 N–H and O–H groups in total. The standard InChI is InChI=1S/C27H21F3N4O/c28-27(29,30)23-11-9-21(10-12-23)25(20-5-1-18(15-31)2-6-20)34-14-13-24(17-34)33-26(35)22-7-3-19(16-32)4-8-22/h1-12,24-25H,13-14,17H2,(H,33,35)/t24-,25+/m1/s1. The van der Waals surface area contributed by atoms with Crippen molar-refractivity contribution in [1.82, 2.24) is 10.2 Å². The third-order valence-electron chi connectivity index (χ3n) is 6.11. The van der Waals surface area contributed by atoms with Crippen LogP contribution in [-0.4, -0.2) is 29.9 Å². The largest absolute Gasteiger partial charge is 0.416 e. The summed E-state index contributed by atoms with van der Waals surface area (Å²) >= 11 is 0. The van der Waals surface area contributed by atoms with Gasteiger partial charge in [-0.25, -0.2) is 0 Å². The molecule has 3 aromatic carbocycles. The third kappa shape index (κ3) is 5.51. The Hall–Kier alpha value is -4.14. The van der Waals surface area contributed by atoms with E-state index in [4.69, 9.17) is 10.5 Å². The lowest BCUT2D eigenvalue weighted by Crippen LogP contribution is -2.38. The number of amides is 1. The normalized spacial score (nSPS) is 16.8. The van der Waals surface area contributed by atoms with Crippen molar-refractivity contribution in [2.24, 2.45) is 0 Å². The van der Waals surface area contributed by atoms with E-state index >= 15 is 0 Å². The van der Waals surface area contributed by atoms with Gasteiger partial charge in [0, 0.05) is 24.7 Å². The van der Waals surface area contributed by atoms with E-state index in [2.05, 4.69) is 16.3 Å². The lowest BCUT2D eigenvalue weighted by Gasteiger charge is -2.29. The molecule has 1 amide bonds. The molecule has 4 rings (SSSR count). The lowest BCUT2D eigenvalue weighted by molar-refractivity contribution is -0.137. The first-order valence-electron chi connectivity index (χ1n) is 11.0. The van der Waals surface area contributed by atoms with Gasteiger partial charge in [0.1, 0.15) is 0 Å². The zero-order chi connectivity index (χ0) is 25.0. The number of nitrogens with zero attached hydrogens (tertiary/aromatic N) is 3. The van der Waals surface area contributed by atoms with Crippen molar-refractivity contribution in [3.63, 3.8) is 0 Å². The molecular formula is C27H21F3N4O. The van der Waals surface area contributed by atoms with Gasteiger partial charge < -0.3 is 5.32 Å². The summed E-state index contributed by atoms with van der Waals surface area (Å²) < 4.78 is 39.3. The maximum atomic E-state index is 13.1. The van der Waals surface area contributed by atoms with Gasteiger partial charge in [-0.3, -0.25) is 9.69 Å². The van der Waals surface area contributed by atoms with E-state index in [1.54, 1.807) is 36.4 Å². The Balaban J connectivity index is 1.55. The molecule has 3 aromatic rings. The van der Waals surface area contributed by atoms with Crippen LogP contribution in [0.4, 0.5) is 13.2 Å².